The topological polar surface area (TPSA) is 69.6 Å². The maximum absolute atomic E-state index is 14.2. The fourth-order valence-corrected chi connectivity index (χ4v) is 3.35. The monoisotopic (exact) mass is 431 g/mol. The van der Waals surface area contributed by atoms with Crippen LogP contribution in [0.3, 0.4) is 0 Å². The van der Waals surface area contributed by atoms with Crippen LogP contribution in [0.5, 0.6) is 0 Å². The van der Waals surface area contributed by atoms with Crippen LogP contribution in [-0.4, -0.2) is 41.0 Å². The average Bonchev–Trinajstić information content (AvgIpc) is 3.15. The first kappa shape index (κ1) is 20.6. The van der Waals surface area contributed by atoms with Crippen LogP contribution in [0.2, 0.25) is 0 Å². The van der Waals surface area contributed by atoms with Gasteiger partial charge in [0.05, 0.1) is 18.3 Å². The number of rotatable bonds is 4. The molecule has 31 heavy (non-hydrogen) atoms. The van der Waals surface area contributed by atoms with E-state index in [0.717, 1.165) is 17.3 Å². The van der Waals surface area contributed by atoms with Gasteiger partial charge in [0.25, 0.3) is 0 Å². The molecule has 0 bridgehead atoms. The number of carbonyl (C=O) groups is 1. The summed E-state index contributed by atoms with van der Waals surface area (Å²) in [5.41, 5.74) is 2.27. The highest BCUT2D eigenvalue weighted by Crippen LogP contribution is 2.33. The van der Waals surface area contributed by atoms with Crippen LogP contribution < -0.4 is 10.6 Å². The Balaban J connectivity index is 1.48. The summed E-state index contributed by atoms with van der Waals surface area (Å²) in [4.78, 5) is 22.4. The zero-order valence-corrected chi connectivity index (χ0v) is 16.0. The summed E-state index contributed by atoms with van der Waals surface area (Å²) in [5.74, 6) is 0.0672. The van der Waals surface area contributed by atoms with E-state index in [0.29, 0.717) is 17.9 Å². The van der Waals surface area contributed by atoms with Gasteiger partial charge in [0, 0.05) is 23.7 Å². The van der Waals surface area contributed by atoms with E-state index < -0.39 is 24.6 Å². The molecule has 1 unspecified atom stereocenters. The van der Waals surface area contributed by atoms with E-state index in [1.54, 1.807) is 11.5 Å². The summed E-state index contributed by atoms with van der Waals surface area (Å²) < 4.78 is 50.9. The molecule has 0 radical (unpaired) electrons. The molecule has 6 nitrogen and oxygen atoms in total. The molecule has 0 saturated carbocycles. The first-order chi connectivity index (χ1) is 14.8. The molecule has 4 rings (SSSR count). The van der Waals surface area contributed by atoms with Gasteiger partial charge < -0.3 is 15.5 Å². The number of hydrogen-bond acceptors (Lipinski definition) is 4. The van der Waals surface area contributed by atoms with Crippen molar-refractivity contribution in [3.05, 3.63) is 78.0 Å². The molecule has 3 heterocycles. The Morgan fingerprint density at radius 3 is 2.81 bits per heavy atom. The van der Waals surface area contributed by atoms with Crippen molar-refractivity contribution in [2.45, 2.75) is 12.2 Å². The number of anilines is 1. The summed E-state index contributed by atoms with van der Waals surface area (Å²) in [6.07, 6.45) is 2.74. The standard InChI is InChI=1S/C21H17F4N5O/c22-15-7-14(8-16(10-15)29-20(31)28-12-21(23,24)25)18-11-27-19-9-13(4-6-30(18)19)17-3-1-2-5-26-17/h1-10,18H,11-12H2,(H2,28,29,31). The van der Waals surface area contributed by atoms with Crippen molar-refractivity contribution in [1.29, 1.82) is 0 Å². The Labute approximate surface area is 175 Å². The fraction of sp³-hybridized carbons (Fsp3) is 0.190. The lowest BCUT2D eigenvalue weighted by molar-refractivity contribution is -0.122. The van der Waals surface area contributed by atoms with Crippen LogP contribution in [0.15, 0.2) is 65.9 Å². The third kappa shape index (κ3) is 4.90. The van der Waals surface area contributed by atoms with Gasteiger partial charge >= 0.3 is 12.2 Å². The number of urea groups is 1. The zero-order chi connectivity index (χ0) is 22.0. The van der Waals surface area contributed by atoms with E-state index in [1.165, 1.54) is 12.1 Å². The summed E-state index contributed by atoms with van der Waals surface area (Å²) in [6.45, 7) is -1.13. The van der Waals surface area contributed by atoms with E-state index in [9.17, 15) is 22.4 Å². The van der Waals surface area contributed by atoms with Crippen LogP contribution in [0.1, 0.15) is 17.3 Å². The molecule has 0 saturated heterocycles. The molecule has 2 amide bonds. The third-order valence-corrected chi connectivity index (χ3v) is 4.70. The number of amidine groups is 1. The van der Waals surface area contributed by atoms with Gasteiger partial charge in [0.15, 0.2) is 0 Å². The van der Waals surface area contributed by atoms with E-state index in [4.69, 9.17) is 0 Å². The van der Waals surface area contributed by atoms with Crippen molar-refractivity contribution in [2.75, 3.05) is 18.4 Å². The molecule has 160 valence electrons. The molecule has 2 aliphatic rings. The number of halogens is 4. The number of fused-ring (bicyclic) bond motifs is 1. The van der Waals surface area contributed by atoms with Gasteiger partial charge in [-0.25, -0.2) is 9.18 Å². The second-order valence-corrected chi connectivity index (χ2v) is 6.95. The van der Waals surface area contributed by atoms with Gasteiger partial charge in [-0.15, -0.1) is 0 Å². The van der Waals surface area contributed by atoms with Gasteiger partial charge in [-0.2, -0.15) is 13.2 Å². The molecule has 10 heteroatoms. The third-order valence-electron chi connectivity index (χ3n) is 4.70. The maximum Gasteiger partial charge on any atom is 0.405 e. The Morgan fingerprint density at radius 1 is 1.23 bits per heavy atom. The van der Waals surface area contributed by atoms with Gasteiger partial charge in [0.1, 0.15) is 18.2 Å². The highest BCUT2D eigenvalue weighted by molar-refractivity contribution is 6.04. The molecule has 0 aliphatic carbocycles. The number of nitrogens with zero attached hydrogens (tertiary/aromatic N) is 3. The van der Waals surface area contributed by atoms with Crippen LogP contribution in [0.25, 0.3) is 5.57 Å². The lowest BCUT2D eigenvalue weighted by Crippen LogP contribution is -2.36. The number of carbonyl (C=O) groups excluding carboxylic acids is 1. The van der Waals surface area contributed by atoms with E-state index in [1.807, 2.05) is 41.5 Å². The lowest BCUT2D eigenvalue weighted by Gasteiger charge is -2.26. The molecule has 2 aromatic rings. The van der Waals surface area contributed by atoms with Crippen LogP contribution in [0.4, 0.5) is 28.0 Å². The normalized spacial score (nSPS) is 17.7. The predicted molar refractivity (Wildman–Crippen MR) is 108 cm³/mol. The number of hydrogen-bond donors (Lipinski definition) is 2. The van der Waals surface area contributed by atoms with Crippen LogP contribution >= 0.6 is 0 Å². The van der Waals surface area contributed by atoms with Gasteiger partial charge in [-0.05, 0) is 48.0 Å². The van der Waals surface area contributed by atoms with Gasteiger partial charge in [-0.3, -0.25) is 9.98 Å². The number of pyridine rings is 1. The minimum atomic E-state index is -4.54. The highest BCUT2D eigenvalue weighted by atomic mass is 19.4. The fourth-order valence-electron chi connectivity index (χ4n) is 3.35. The maximum atomic E-state index is 14.2. The smallest absolute Gasteiger partial charge is 0.329 e. The Bertz CT molecular complexity index is 1080. The van der Waals surface area contributed by atoms with E-state index in [-0.39, 0.29) is 11.7 Å². The summed E-state index contributed by atoms with van der Waals surface area (Å²) in [6, 6.07) is 8.07. The molecule has 2 N–H and O–H groups in total. The lowest BCUT2D eigenvalue weighted by atomic mass is 10.0. The number of nitrogens with one attached hydrogen (secondary N) is 2. The second-order valence-electron chi connectivity index (χ2n) is 6.95. The summed E-state index contributed by atoms with van der Waals surface area (Å²) in [5, 5.41) is 3.93. The predicted octanol–water partition coefficient (Wildman–Crippen LogP) is 4.27. The van der Waals surface area contributed by atoms with Gasteiger partial charge in [0.2, 0.25) is 0 Å². The molecule has 1 aromatic carbocycles. The SMILES string of the molecule is O=C(NCC(F)(F)F)Nc1cc(F)cc(C2CN=C3C=C(c4ccccn4)C=CN32)c1. The summed E-state index contributed by atoms with van der Waals surface area (Å²) in [7, 11) is 0. The number of aromatic nitrogens is 1. The minimum absolute atomic E-state index is 0.0498. The second kappa shape index (κ2) is 8.21. The van der Waals surface area contributed by atoms with Crippen molar-refractivity contribution >= 4 is 23.1 Å². The molecule has 1 atom stereocenters. The minimum Gasteiger partial charge on any atom is -0.329 e. The number of benzene rings is 1. The number of amides is 2. The Kier molecular flexibility index (Phi) is 5.45. The first-order valence-corrected chi connectivity index (χ1v) is 9.35. The molecule has 2 aliphatic heterocycles. The molecular formula is C21H17F4N5O. The Morgan fingerprint density at radius 2 is 2.06 bits per heavy atom. The van der Waals surface area contributed by atoms with Crippen molar-refractivity contribution in [2.24, 2.45) is 4.99 Å². The first-order valence-electron chi connectivity index (χ1n) is 9.35. The molecular weight excluding hydrogens is 414 g/mol. The zero-order valence-electron chi connectivity index (χ0n) is 16.0. The largest absolute Gasteiger partial charge is 0.405 e. The van der Waals surface area contributed by atoms with Crippen LogP contribution in [0, 0.1) is 5.82 Å². The van der Waals surface area contributed by atoms with Crippen molar-refractivity contribution in [3.63, 3.8) is 0 Å². The Hall–Kier alpha value is -3.69. The van der Waals surface area contributed by atoms with Crippen molar-refractivity contribution < 1.29 is 22.4 Å². The molecule has 0 spiro atoms. The van der Waals surface area contributed by atoms with Crippen molar-refractivity contribution in [3.8, 4) is 0 Å². The summed E-state index contributed by atoms with van der Waals surface area (Å²) >= 11 is 0. The average molecular weight is 431 g/mol. The number of allylic oxidation sites excluding steroid dienone is 2. The van der Waals surface area contributed by atoms with E-state index in [2.05, 4.69) is 15.3 Å². The molecule has 1 aromatic heterocycles. The number of alkyl halides is 3. The molecule has 0 fully saturated rings. The van der Waals surface area contributed by atoms with Gasteiger partial charge in [-0.1, -0.05) is 6.07 Å². The quantitative estimate of drug-likeness (QED) is 0.711. The van der Waals surface area contributed by atoms with E-state index >= 15 is 0 Å². The highest BCUT2D eigenvalue weighted by Gasteiger charge is 2.30. The number of aliphatic imine (C=N–C) groups is 1. The van der Waals surface area contributed by atoms with Crippen molar-refractivity contribution in [1.82, 2.24) is 15.2 Å². The van der Waals surface area contributed by atoms with Crippen LogP contribution in [-0.2, 0) is 0 Å².